The molecule has 0 aromatic heterocycles. The predicted molar refractivity (Wildman–Crippen MR) is 70.6 cm³/mol. The first kappa shape index (κ1) is 12.7. The second-order valence-electron chi connectivity index (χ2n) is 3.76. The fraction of sp³-hybridized carbons (Fsp3) is 0.0769. The molecule has 0 atom stereocenters. The van der Waals surface area contributed by atoms with Crippen molar-refractivity contribution in [2.24, 2.45) is 0 Å². The average Bonchev–Trinajstić information content (AvgIpc) is 2.39. The molecule has 6 heteroatoms. The molecule has 0 aliphatic heterocycles. The van der Waals surface area contributed by atoms with E-state index < -0.39 is 4.92 Å². The summed E-state index contributed by atoms with van der Waals surface area (Å²) in [6.45, 7) is 0. The van der Waals surface area contributed by atoms with Crippen molar-refractivity contribution < 1.29 is 14.4 Å². The summed E-state index contributed by atoms with van der Waals surface area (Å²) in [6.07, 6.45) is 0. The van der Waals surface area contributed by atoms with E-state index in [1.165, 1.54) is 31.4 Å². The van der Waals surface area contributed by atoms with Crippen molar-refractivity contribution >= 4 is 11.4 Å². The monoisotopic (exact) mass is 260 g/mol. The van der Waals surface area contributed by atoms with Gasteiger partial charge in [-0.05, 0) is 24.3 Å². The van der Waals surface area contributed by atoms with Crippen molar-refractivity contribution in [1.82, 2.24) is 0 Å². The van der Waals surface area contributed by atoms with Gasteiger partial charge >= 0.3 is 0 Å². The number of nitrogen functional groups attached to an aromatic ring is 1. The molecule has 0 saturated carbocycles. The summed E-state index contributed by atoms with van der Waals surface area (Å²) in [5, 5.41) is 10.5. The van der Waals surface area contributed by atoms with Gasteiger partial charge in [-0.1, -0.05) is 0 Å². The first-order valence-electron chi connectivity index (χ1n) is 5.46. The number of ether oxygens (including phenoxy) is 2. The van der Waals surface area contributed by atoms with E-state index in [4.69, 9.17) is 15.2 Å². The van der Waals surface area contributed by atoms with Crippen LogP contribution in [0.4, 0.5) is 11.4 Å². The molecule has 0 heterocycles. The molecular weight excluding hydrogens is 248 g/mol. The Kier molecular flexibility index (Phi) is 3.51. The van der Waals surface area contributed by atoms with Gasteiger partial charge in [-0.15, -0.1) is 0 Å². The average molecular weight is 260 g/mol. The fourth-order valence-corrected chi connectivity index (χ4v) is 1.54. The van der Waals surface area contributed by atoms with Gasteiger partial charge in [0.05, 0.1) is 12.0 Å². The largest absolute Gasteiger partial charge is 0.493 e. The van der Waals surface area contributed by atoms with Crippen LogP contribution in [-0.2, 0) is 0 Å². The normalized spacial score (nSPS) is 9.95. The zero-order valence-corrected chi connectivity index (χ0v) is 10.2. The molecule has 2 rings (SSSR count). The van der Waals surface area contributed by atoms with Crippen molar-refractivity contribution in [3.8, 4) is 17.2 Å². The van der Waals surface area contributed by atoms with Crippen LogP contribution in [0, 0.1) is 10.1 Å². The van der Waals surface area contributed by atoms with Crippen molar-refractivity contribution in [3.05, 3.63) is 52.6 Å². The third-order valence-corrected chi connectivity index (χ3v) is 2.46. The van der Waals surface area contributed by atoms with E-state index in [1.807, 2.05) is 0 Å². The van der Waals surface area contributed by atoms with E-state index in [1.54, 1.807) is 18.2 Å². The van der Waals surface area contributed by atoms with Crippen molar-refractivity contribution in [3.63, 3.8) is 0 Å². The van der Waals surface area contributed by atoms with Gasteiger partial charge in [-0.2, -0.15) is 0 Å². The molecule has 0 spiro atoms. The van der Waals surface area contributed by atoms with E-state index in [-0.39, 0.29) is 5.69 Å². The minimum Gasteiger partial charge on any atom is -0.493 e. The number of methoxy groups -OCH3 is 1. The highest BCUT2D eigenvalue weighted by atomic mass is 16.6. The van der Waals surface area contributed by atoms with E-state index in [0.29, 0.717) is 22.9 Å². The molecule has 0 radical (unpaired) electrons. The van der Waals surface area contributed by atoms with E-state index >= 15 is 0 Å². The lowest BCUT2D eigenvalue weighted by Gasteiger charge is -2.10. The summed E-state index contributed by atoms with van der Waals surface area (Å²) in [6, 6.07) is 10.8. The molecular formula is C13H12N2O4. The maximum atomic E-state index is 10.5. The Balaban J connectivity index is 2.25. The molecule has 2 N–H and O–H groups in total. The highest BCUT2D eigenvalue weighted by Gasteiger charge is 2.08. The number of benzene rings is 2. The summed E-state index contributed by atoms with van der Waals surface area (Å²) in [5.41, 5.74) is 6.22. The van der Waals surface area contributed by atoms with E-state index in [0.717, 1.165) is 0 Å². The summed E-state index contributed by atoms with van der Waals surface area (Å²) in [4.78, 5) is 10.1. The number of nitrogens with two attached hydrogens (primary N) is 1. The lowest BCUT2D eigenvalue weighted by Crippen LogP contribution is -1.93. The smallest absolute Gasteiger partial charge is 0.269 e. The van der Waals surface area contributed by atoms with Crippen molar-refractivity contribution in [2.75, 3.05) is 12.8 Å². The molecule has 19 heavy (non-hydrogen) atoms. The Morgan fingerprint density at radius 3 is 2.37 bits per heavy atom. The Bertz CT molecular complexity index is 596. The number of nitro groups is 1. The number of hydrogen-bond acceptors (Lipinski definition) is 5. The Morgan fingerprint density at radius 1 is 1.11 bits per heavy atom. The SMILES string of the molecule is COc1ccc(N)cc1Oc1ccc([N+](=O)[O-])cc1. The number of hydrogen-bond donors (Lipinski definition) is 1. The fourth-order valence-electron chi connectivity index (χ4n) is 1.54. The third kappa shape index (κ3) is 2.92. The lowest BCUT2D eigenvalue weighted by atomic mass is 10.2. The number of nitrogens with zero attached hydrogens (tertiary/aromatic N) is 1. The quantitative estimate of drug-likeness (QED) is 0.518. The van der Waals surface area contributed by atoms with Crippen LogP contribution >= 0.6 is 0 Å². The third-order valence-electron chi connectivity index (χ3n) is 2.46. The molecule has 0 fully saturated rings. The lowest BCUT2D eigenvalue weighted by molar-refractivity contribution is -0.384. The van der Waals surface area contributed by atoms with Crippen molar-refractivity contribution in [1.29, 1.82) is 0 Å². The predicted octanol–water partition coefficient (Wildman–Crippen LogP) is 2.98. The highest BCUT2D eigenvalue weighted by Crippen LogP contribution is 2.33. The van der Waals surface area contributed by atoms with Gasteiger partial charge in [0.15, 0.2) is 11.5 Å². The summed E-state index contributed by atoms with van der Waals surface area (Å²) < 4.78 is 10.7. The van der Waals surface area contributed by atoms with Gasteiger partial charge in [0, 0.05) is 23.9 Å². The maximum absolute atomic E-state index is 10.5. The zero-order chi connectivity index (χ0) is 13.8. The van der Waals surface area contributed by atoms with Crippen LogP contribution in [0.3, 0.4) is 0 Å². The van der Waals surface area contributed by atoms with Gasteiger partial charge in [-0.3, -0.25) is 10.1 Å². The summed E-state index contributed by atoms with van der Waals surface area (Å²) >= 11 is 0. The van der Waals surface area contributed by atoms with Gasteiger partial charge in [-0.25, -0.2) is 0 Å². The number of nitro benzene ring substituents is 1. The molecule has 0 aliphatic carbocycles. The van der Waals surface area contributed by atoms with Crippen molar-refractivity contribution in [2.45, 2.75) is 0 Å². The molecule has 0 aliphatic rings. The topological polar surface area (TPSA) is 87.6 Å². The number of anilines is 1. The standard InChI is InChI=1S/C13H12N2O4/c1-18-12-7-2-9(14)8-13(12)19-11-5-3-10(4-6-11)15(16)17/h2-8H,14H2,1H3. The first-order chi connectivity index (χ1) is 9.10. The second-order valence-corrected chi connectivity index (χ2v) is 3.76. The van der Waals surface area contributed by atoms with Gasteiger partial charge in [0.1, 0.15) is 5.75 Å². The zero-order valence-electron chi connectivity index (χ0n) is 10.2. The van der Waals surface area contributed by atoms with Crippen LogP contribution in [0.1, 0.15) is 0 Å². The Labute approximate surface area is 109 Å². The molecule has 0 amide bonds. The summed E-state index contributed by atoms with van der Waals surface area (Å²) in [5.74, 6) is 1.46. The Hall–Kier alpha value is -2.76. The first-order valence-corrected chi connectivity index (χ1v) is 5.46. The van der Waals surface area contributed by atoms with Crippen LogP contribution in [0.2, 0.25) is 0 Å². The Morgan fingerprint density at radius 2 is 1.79 bits per heavy atom. The maximum Gasteiger partial charge on any atom is 0.269 e. The van der Waals surface area contributed by atoms with Gasteiger partial charge in [0.25, 0.3) is 5.69 Å². The number of non-ortho nitro benzene ring substituents is 1. The molecule has 98 valence electrons. The summed E-state index contributed by atoms with van der Waals surface area (Å²) in [7, 11) is 1.52. The van der Waals surface area contributed by atoms with Crippen LogP contribution in [0.5, 0.6) is 17.2 Å². The molecule has 0 saturated heterocycles. The minimum atomic E-state index is -0.467. The minimum absolute atomic E-state index is 0.00638. The van der Waals surface area contributed by atoms with Crippen LogP contribution in [-0.4, -0.2) is 12.0 Å². The molecule has 0 unspecified atom stereocenters. The molecule has 6 nitrogen and oxygen atoms in total. The van der Waals surface area contributed by atoms with Crippen LogP contribution < -0.4 is 15.2 Å². The van der Waals surface area contributed by atoms with E-state index in [9.17, 15) is 10.1 Å². The van der Waals surface area contributed by atoms with Gasteiger partial charge < -0.3 is 15.2 Å². The molecule has 2 aromatic rings. The number of rotatable bonds is 4. The van der Waals surface area contributed by atoms with Gasteiger partial charge in [0.2, 0.25) is 0 Å². The molecule has 0 bridgehead atoms. The molecule has 2 aromatic carbocycles. The second kappa shape index (κ2) is 5.26. The van der Waals surface area contributed by atoms with Crippen LogP contribution in [0.25, 0.3) is 0 Å². The van der Waals surface area contributed by atoms with Crippen LogP contribution in [0.15, 0.2) is 42.5 Å². The van der Waals surface area contributed by atoms with E-state index in [2.05, 4.69) is 0 Å². The highest BCUT2D eigenvalue weighted by molar-refractivity contribution is 5.53.